The van der Waals surface area contributed by atoms with Gasteiger partial charge in [-0.2, -0.15) is 5.10 Å². The number of aromatic nitrogens is 2. The van der Waals surface area contributed by atoms with Gasteiger partial charge < -0.3 is 10.1 Å². The molecule has 0 bridgehead atoms. The lowest BCUT2D eigenvalue weighted by Gasteiger charge is -2.28. The van der Waals surface area contributed by atoms with Crippen molar-refractivity contribution in [3.63, 3.8) is 0 Å². The maximum atomic E-state index is 13.0. The van der Waals surface area contributed by atoms with E-state index < -0.39 is 11.3 Å². The van der Waals surface area contributed by atoms with Gasteiger partial charge in [-0.15, -0.1) is 0 Å². The summed E-state index contributed by atoms with van der Waals surface area (Å²) in [6.07, 6.45) is 2.26. The molecule has 1 saturated heterocycles. The summed E-state index contributed by atoms with van der Waals surface area (Å²) in [4.78, 5) is 28.0. The molecule has 8 heteroatoms. The van der Waals surface area contributed by atoms with Gasteiger partial charge in [0.2, 0.25) is 5.43 Å². The second-order valence-corrected chi connectivity index (χ2v) is 8.51. The Bertz CT molecular complexity index is 1190. The van der Waals surface area contributed by atoms with E-state index in [4.69, 9.17) is 16.3 Å². The maximum absolute atomic E-state index is 13.0. The quantitative estimate of drug-likeness (QED) is 0.573. The van der Waals surface area contributed by atoms with Crippen LogP contribution >= 0.6 is 11.6 Å². The number of ether oxygens (including phenoxy) is 1. The molecule has 1 aliphatic rings. The average Bonchev–Trinajstić information content (AvgIpc) is 3.35. The second-order valence-electron chi connectivity index (χ2n) is 8.10. The van der Waals surface area contributed by atoms with E-state index in [-0.39, 0.29) is 11.7 Å². The van der Waals surface area contributed by atoms with E-state index >= 15 is 0 Å². The predicted octanol–water partition coefficient (Wildman–Crippen LogP) is 3.77. The highest BCUT2D eigenvalue weighted by Crippen LogP contribution is 2.26. The number of rotatable bonds is 7. The molecule has 1 N–H and O–H groups in total. The number of halogens is 1. The van der Waals surface area contributed by atoms with Gasteiger partial charge in [0.15, 0.2) is 5.69 Å². The SMILES string of the molecule is COc1ccc([C@@H](CNC(=O)c2nn(-c3ccccc3Cl)c(C)cc2=O)N2CCCC2)cc1. The largest absolute Gasteiger partial charge is 0.497 e. The van der Waals surface area contributed by atoms with Crippen LogP contribution in [0.5, 0.6) is 5.75 Å². The van der Waals surface area contributed by atoms with Crippen molar-refractivity contribution >= 4 is 17.5 Å². The third-order valence-corrected chi connectivity index (χ3v) is 6.26. The van der Waals surface area contributed by atoms with Crippen molar-refractivity contribution in [3.8, 4) is 11.4 Å². The first-order valence-corrected chi connectivity index (χ1v) is 11.4. The molecule has 0 saturated carbocycles. The van der Waals surface area contributed by atoms with Gasteiger partial charge in [-0.3, -0.25) is 14.5 Å². The molecule has 1 atom stereocenters. The average molecular weight is 467 g/mol. The molecule has 2 heterocycles. The van der Waals surface area contributed by atoms with Crippen LogP contribution in [0.25, 0.3) is 5.69 Å². The standard InChI is InChI=1S/C25H27ClN4O3/c1-17-15-23(31)24(28-30(17)21-8-4-3-7-20(21)26)25(32)27-16-22(29-13-5-6-14-29)18-9-11-19(33-2)12-10-18/h3-4,7-12,15,22H,5-6,13-14,16H2,1-2H3,(H,27,32)/t22-/m1/s1. The molecular weight excluding hydrogens is 440 g/mol. The lowest BCUT2D eigenvalue weighted by atomic mass is 10.1. The zero-order valence-corrected chi connectivity index (χ0v) is 19.5. The Kier molecular flexibility index (Phi) is 7.11. The molecule has 0 unspecified atom stereocenters. The van der Waals surface area contributed by atoms with E-state index in [1.165, 1.54) is 10.7 Å². The Labute approximate surface area is 197 Å². The van der Waals surface area contributed by atoms with Gasteiger partial charge in [0.05, 0.1) is 23.9 Å². The first kappa shape index (κ1) is 23.0. The summed E-state index contributed by atoms with van der Waals surface area (Å²) in [7, 11) is 1.64. The topological polar surface area (TPSA) is 76.5 Å². The Morgan fingerprint density at radius 2 is 1.85 bits per heavy atom. The van der Waals surface area contributed by atoms with Gasteiger partial charge in [0, 0.05) is 18.3 Å². The van der Waals surface area contributed by atoms with E-state index in [1.54, 1.807) is 26.2 Å². The van der Waals surface area contributed by atoms with Crippen molar-refractivity contribution in [2.45, 2.75) is 25.8 Å². The number of carbonyl (C=O) groups excluding carboxylic acids is 1. The molecule has 1 aliphatic heterocycles. The molecule has 4 rings (SSSR count). The number of para-hydroxylation sites is 1. The summed E-state index contributed by atoms with van der Waals surface area (Å²) in [5.74, 6) is 0.283. The lowest BCUT2D eigenvalue weighted by Crippen LogP contribution is -2.39. The molecule has 0 spiro atoms. The van der Waals surface area contributed by atoms with Gasteiger partial charge in [-0.25, -0.2) is 4.68 Å². The summed E-state index contributed by atoms with van der Waals surface area (Å²) in [6.45, 7) is 4.06. The summed E-state index contributed by atoms with van der Waals surface area (Å²) >= 11 is 6.31. The van der Waals surface area contributed by atoms with E-state index in [0.717, 1.165) is 37.2 Å². The molecule has 172 valence electrons. The van der Waals surface area contributed by atoms with Crippen molar-refractivity contribution in [1.29, 1.82) is 0 Å². The van der Waals surface area contributed by atoms with Crippen molar-refractivity contribution in [2.75, 3.05) is 26.7 Å². The molecule has 0 aliphatic carbocycles. The molecular formula is C25H27ClN4O3. The van der Waals surface area contributed by atoms with Crippen molar-refractivity contribution in [2.24, 2.45) is 0 Å². The molecule has 1 aromatic heterocycles. The highest BCUT2D eigenvalue weighted by molar-refractivity contribution is 6.32. The summed E-state index contributed by atoms with van der Waals surface area (Å²) in [5, 5.41) is 7.77. The van der Waals surface area contributed by atoms with Crippen molar-refractivity contribution in [1.82, 2.24) is 20.0 Å². The number of nitrogens with zero attached hydrogens (tertiary/aromatic N) is 3. The van der Waals surface area contributed by atoms with Gasteiger partial charge >= 0.3 is 0 Å². The third-order valence-electron chi connectivity index (χ3n) is 5.94. The van der Waals surface area contributed by atoms with Crippen LogP contribution in [-0.4, -0.2) is 47.3 Å². The number of methoxy groups -OCH3 is 1. The van der Waals surface area contributed by atoms with Gasteiger partial charge in [0.1, 0.15) is 5.75 Å². The van der Waals surface area contributed by atoms with Crippen LogP contribution in [0.2, 0.25) is 5.02 Å². The number of hydrogen-bond donors (Lipinski definition) is 1. The number of nitrogens with one attached hydrogen (secondary N) is 1. The van der Waals surface area contributed by atoms with E-state index in [0.29, 0.717) is 22.9 Å². The smallest absolute Gasteiger partial charge is 0.275 e. The highest BCUT2D eigenvalue weighted by Gasteiger charge is 2.25. The monoisotopic (exact) mass is 466 g/mol. The summed E-state index contributed by atoms with van der Waals surface area (Å²) in [5.41, 5.74) is 1.71. The normalized spacial score (nSPS) is 14.8. The Morgan fingerprint density at radius 3 is 2.52 bits per heavy atom. The van der Waals surface area contributed by atoms with Crippen LogP contribution in [0.1, 0.15) is 40.6 Å². The first-order chi connectivity index (χ1) is 16.0. The van der Waals surface area contributed by atoms with Crippen LogP contribution in [-0.2, 0) is 0 Å². The molecule has 33 heavy (non-hydrogen) atoms. The van der Waals surface area contributed by atoms with E-state index in [1.807, 2.05) is 36.4 Å². The number of amides is 1. The third kappa shape index (κ3) is 5.10. The molecule has 0 radical (unpaired) electrons. The number of benzene rings is 2. The van der Waals surface area contributed by atoms with Gasteiger partial charge in [0.25, 0.3) is 5.91 Å². The van der Waals surface area contributed by atoms with E-state index in [2.05, 4.69) is 15.3 Å². The molecule has 2 aromatic carbocycles. The number of likely N-dealkylation sites (tertiary alicyclic amines) is 1. The molecule has 1 fully saturated rings. The summed E-state index contributed by atoms with van der Waals surface area (Å²) in [6, 6.07) is 16.5. The zero-order valence-electron chi connectivity index (χ0n) is 18.8. The lowest BCUT2D eigenvalue weighted by molar-refractivity contribution is 0.0930. The number of carbonyl (C=O) groups is 1. The minimum Gasteiger partial charge on any atom is -0.497 e. The minimum atomic E-state index is -0.501. The Balaban J connectivity index is 1.58. The zero-order chi connectivity index (χ0) is 23.4. The number of hydrogen-bond acceptors (Lipinski definition) is 5. The molecule has 3 aromatic rings. The fraction of sp³-hybridized carbons (Fsp3) is 0.320. The van der Waals surface area contributed by atoms with Crippen LogP contribution in [0.15, 0.2) is 59.4 Å². The van der Waals surface area contributed by atoms with Gasteiger partial charge in [-0.05, 0) is 62.7 Å². The highest BCUT2D eigenvalue weighted by atomic mass is 35.5. The van der Waals surface area contributed by atoms with Crippen molar-refractivity contribution in [3.05, 3.63) is 86.8 Å². The first-order valence-electron chi connectivity index (χ1n) is 11.0. The fourth-order valence-corrected chi connectivity index (χ4v) is 4.40. The van der Waals surface area contributed by atoms with E-state index in [9.17, 15) is 9.59 Å². The van der Waals surface area contributed by atoms with Crippen LogP contribution < -0.4 is 15.5 Å². The Hall–Kier alpha value is -3.16. The van der Waals surface area contributed by atoms with Crippen LogP contribution in [0.3, 0.4) is 0 Å². The minimum absolute atomic E-state index is 0.00130. The van der Waals surface area contributed by atoms with Gasteiger partial charge in [-0.1, -0.05) is 35.9 Å². The summed E-state index contributed by atoms with van der Waals surface area (Å²) < 4.78 is 6.80. The maximum Gasteiger partial charge on any atom is 0.275 e. The Morgan fingerprint density at radius 1 is 1.15 bits per heavy atom. The fourth-order valence-electron chi connectivity index (χ4n) is 4.18. The number of aryl methyl sites for hydroxylation is 1. The molecule has 1 amide bonds. The second kappa shape index (κ2) is 10.2. The van der Waals surface area contributed by atoms with Crippen LogP contribution in [0.4, 0.5) is 0 Å². The van der Waals surface area contributed by atoms with Crippen LogP contribution in [0, 0.1) is 6.92 Å². The predicted molar refractivity (Wildman–Crippen MR) is 128 cm³/mol. The van der Waals surface area contributed by atoms with Crippen molar-refractivity contribution < 1.29 is 9.53 Å². The molecule has 7 nitrogen and oxygen atoms in total.